The lowest BCUT2D eigenvalue weighted by Crippen LogP contribution is -2.01. The summed E-state index contributed by atoms with van der Waals surface area (Å²) in [6.45, 7) is 5.08. The molecule has 0 radical (unpaired) electrons. The van der Waals surface area contributed by atoms with E-state index in [9.17, 15) is 5.11 Å². The zero-order valence-corrected chi connectivity index (χ0v) is 11.5. The number of thioether (sulfide) groups is 1. The fraction of sp³-hybridized carbons (Fsp3) is 0.357. The standard InChI is InChI=1S/C14H18N2OS/c1-11(2)18-14-15-13(10-17)9-16(14)8-12-6-4-3-5-7-12/h3-7,9,11,17H,8,10H2,1-2H3. The number of aliphatic hydroxyl groups is 1. The largest absolute Gasteiger partial charge is 0.390 e. The molecule has 0 bridgehead atoms. The average Bonchev–Trinajstić information content (AvgIpc) is 2.72. The van der Waals surface area contributed by atoms with Crippen molar-refractivity contribution >= 4 is 11.8 Å². The van der Waals surface area contributed by atoms with Crippen LogP contribution in [0.1, 0.15) is 25.1 Å². The van der Waals surface area contributed by atoms with E-state index >= 15 is 0 Å². The minimum atomic E-state index is -0.00650. The van der Waals surface area contributed by atoms with Crippen LogP contribution >= 0.6 is 11.8 Å². The van der Waals surface area contributed by atoms with Crippen molar-refractivity contribution in [3.63, 3.8) is 0 Å². The van der Waals surface area contributed by atoms with Crippen molar-refractivity contribution in [3.05, 3.63) is 47.8 Å². The molecule has 0 saturated carbocycles. The summed E-state index contributed by atoms with van der Waals surface area (Å²) >= 11 is 1.72. The molecule has 0 amide bonds. The highest BCUT2D eigenvalue weighted by Crippen LogP contribution is 2.23. The Balaban J connectivity index is 2.22. The van der Waals surface area contributed by atoms with Crippen LogP contribution in [-0.4, -0.2) is 19.9 Å². The van der Waals surface area contributed by atoms with Gasteiger partial charge in [-0.2, -0.15) is 0 Å². The third-order valence-electron chi connectivity index (χ3n) is 2.49. The number of hydrogen-bond donors (Lipinski definition) is 1. The molecule has 0 spiro atoms. The molecule has 18 heavy (non-hydrogen) atoms. The summed E-state index contributed by atoms with van der Waals surface area (Å²) in [4.78, 5) is 4.44. The zero-order valence-electron chi connectivity index (χ0n) is 10.7. The Morgan fingerprint density at radius 3 is 2.61 bits per heavy atom. The number of rotatable bonds is 5. The van der Waals surface area contributed by atoms with Gasteiger partial charge in [0.2, 0.25) is 0 Å². The second-order valence-electron chi connectivity index (χ2n) is 4.45. The van der Waals surface area contributed by atoms with Gasteiger partial charge in [-0.15, -0.1) is 0 Å². The van der Waals surface area contributed by atoms with Gasteiger partial charge in [-0.3, -0.25) is 0 Å². The summed E-state index contributed by atoms with van der Waals surface area (Å²) in [5.74, 6) is 0. The SMILES string of the molecule is CC(C)Sc1nc(CO)cn1Cc1ccccc1. The Hall–Kier alpha value is -1.26. The summed E-state index contributed by atoms with van der Waals surface area (Å²) in [6.07, 6.45) is 1.93. The Morgan fingerprint density at radius 1 is 1.28 bits per heavy atom. The fourth-order valence-electron chi connectivity index (χ4n) is 1.73. The van der Waals surface area contributed by atoms with Crippen LogP contribution in [0.25, 0.3) is 0 Å². The molecule has 0 aliphatic heterocycles. The predicted molar refractivity (Wildman–Crippen MR) is 74.7 cm³/mol. The molecule has 1 aromatic carbocycles. The molecule has 0 fully saturated rings. The molecular weight excluding hydrogens is 244 g/mol. The predicted octanol–water partition coefficient (Wildman–Crippen LogP) is 2.92. The van der Waals surface area contributed by atoms with Crippen LogP contribution in [0.4, 0.5) is 0 Å². The lowest BCUT2D eigenvalue weighted by Gasteiger charge is -2.08. The number of aliphatic hydroxyl groups excluding tert-OH is 1. The minimum absolute atomic E-state index is 0.00650. The number of aromatic nitrogens is 2. The van der Waals surface area contributed by atoms with Crippen LogP contribution in [0.3, 0.4) is 0 Å². The highest BCUT2D eigenvalue weighted by atomic mass is 32.2. The van der Waals surface area contributed by atoms with E-state index in [1.165, 1.54) is 5.56 Å². The first-order valence-corrected chi connectivity index (χ1v) is 6.94. The fourth-order valence-corrected chi connectivity index (χ4v) is 2.57. The monoisotopic (exact) mass is 262 g/mol. The van der Waals surface area contributed by atoms with Gasteiger partial charge in [-0.1, -0.05) is 55.9 Å². The van der Waals surface area contributed by atoms with Crippen LogP contribution in [0.2, 0.25) is 0 Å². The molecule has 2 aromatic rings. The summed E-state index contributed by atoms with van der Waals surface area (Å²) in [6, 6.07) is 10.3. The molecule has 0 atom stereocenters. The van der Waals surface area contributed by atoms with Crippen molar-refractivity contribution in [1.82, 2.24) is 9.55 Å². The van der Waals surface area contributed by atoms with Gasteiger partial charge in [-0.05, 0) is 5.56 Å². The van der Waals surface area contributed by atoms with E-state index < -0.39 is 0 Å². The Morgan fingerprint density at radius 2 is 2.00 bits per heavy atom. The molecule has 2 rings (SSSR count). The van der Waals surface area contributed by atoms with Gasteiger partial charge in [0.15, 0.2) is 5.16 Å². The van der Waals surface area contributed by atoms with Crippen molar-refractivity contribution in [2.75, 3.05) is 0 Å². The van der Waals surface area contributed by atoms with Crippen molar-refractivity contribution in [2.24, 2.45) is 0 Å². The quantitative estimate of drug-likeness (QED) is 0.842. The van der Waals surface area contributed by atoms with Crippen LogP contribution in [0.5, 0.6) is 0 Å². The van der Waals surface area contributed by atoms with Crippen LogP contribution in [0, 0.1) is 0 Å². The third kappa shape index (κ3) is 3.37. The molecule has 3 nitrogen and oxygen atoms in total. The summed E-state index contributed by atoms with van der Waals surface area (Å²) < 4.78 is 2.10. The van der Waals surface area contributed by atoms with E-state index in [1.807, 2.05) is 24.4 Å². The van der Waals surface area contributed by atoms with Gasteiger partial charge >= 0.3 is 0 Å². The Labute approximate surface area is 112 Å². The average molecular weight is 262 g/mol. The molecule has 0 aliphatic rings. The lowest BCUT2D eigenvalue weighted by atomic mass is 10.2. The maximum atomic E-state index is 9.19. The number of hydrogen-bond acceptors (Lipinski definition) is 3. The summed E-state index contributed by atoms with van der Waals surface area (Å²) in [7, 11) is 0. The molecule has 0 unspecified atom stereocenters. The second kappa shape index (κ2) is 6.07. The van der Waals surface area contributed by atoms with Crippen molar-refractivity contribution < 1.29 is 5.11 Å². The summed E-state index contributed by atoms with van der Waals surface area (Å²) in [5, 5.41) is 10.6. The highest BCUT2D eigenvalue weighted by Gasteiger charge is 2.10. The number of imidazole rings is 1. The molecule has 4 heteroatoms. The molecule has 0 aliphatic carbocycles. The second-order valence-corrected chi connectivity index (χ2v) is 6.00. The van der Waals surface area contributed by atoms with Gasteiger partial charge in [0.1, 0.15) is 0 Å². The van der Waals surface area contributed by atoms with Crippen molar-refractivity contribution in [3.8, 4) is 0 Å². The van der Waals surface area contributed by atoms with E-state index in [1.54, 1.807) is 11.8 Å². The van der Waals surface area contributed by atoms with Gasteiger partial charge < -0.3 is 9.67 Å². The van der Waals surface area contributed by atoms with E-state index in [0.717, 1.165) is 17.4 Å². The zero-order chi connectivity index (χ0) is 13.0. The molecule has 1 aromatic heterocycles. The molecule has 96 valence electrons. The van der Waals surface area contributed by atoms with E-state index in [2.05, 4.69) is 35.5 Å². The van der Waals surface area contributed by atoms with Gasteiger partial charge in [0.05, 0.1) is 12.3 Å². The first-order valence-electron chi connectivity index (χ1n) is 6.06. The van der Waals surface area contributed by atoms with E-state index in [0.29, 0.717) is 5.25 Å². The van der Waals surface area contributed by atoms with Crippen LogP contribution in [0.15, 0.2) is 41.7 Å². The molecule has 1 N–H and O–H groups in total. The third-order valence-corrected chi connectivity index (χ3v) is 3.50. The molecule has 0 saturated heterocycles. The maximum absolute atomic E-state index is 9.19. The van der Waals surface area contributed by atoms with Crippen LogP contribution in [-0.2, 0) is 13.2 Å². The number of benzene rings is 1. The van der Waals surface area contributed by atoms with Gasteiger partial charge in [0, 0.05) is 18.0 Å². The first kappa shape index (κ1) is 13.2. The lowest BCUT2D eigenvalue weighted by molar-refractivity contribution is 0.277. The minimum Gasteiger partial charge on any atom is -0.390 e. The topological polar surface area (TPSA) is 38.1 Å². The molecule has 1 heterocycles. The van der Waals surface area contributed by atoms with E-state index in [-0.39, 0.29) is 6.61 Å². The number of nitrogens with zero attached hydrogens (tertiary/aromatic N) is 2. The summed E-state index contributed by atoms with van der Waals surface area (Å²) in [5.41, 5.74) is 1.97. The van der Waals surface area contributed by atoms with Gasteiger partial charge in [-0.25, -0.2) is 4.98 Å². The van der Waals surface area contributed by atoms with Crippen molar-refractivity contribution in [1.29, 1.82) is 0 Å². The molecular formula is C14H18N2OS. The highest BCUT2D eigenvalue weighted by molar-refractivity contribution is 7.99. The Bertz CT molecular complexity index is 494. The normalized spacial score (nSPS) is 11.1. The Kier molecular flexibility index (Phi) is 4.44. The van der Waals surface area contributed by atoms with Gasteiger partial charge in [0.25, 0.3) is 0 Å². The van der Waals surface area contributed by atoms with E-state index in [4.69, 9.17) is 0 Å². The van der Waals surface area contributed by atoms with Crippen molar-refractivity contribution in [2.45, 2.75) is 37.4 Å². The smallest absolute Gasteiger partial charge is 0.168 e. The van der Waals surface area contributed by atoms with Crippen LogP contribution < -0.4 is 0 Å². The first-order chi connectivity index (χ1) is 8.69. The maximum Gasteiger partial charge on any atom is 0.168 e.